The number of hydrogen-bond donors (Lipinski definition) is 1. The largest absolute Gasteiger partial charge is 0.477 e. The second kappa shape index (κ2) is 8.77. The lowest BCUT2D eigenvalue weighted by Gasteiger charge is -2.25. The van der Waals surface area contributed by atoms with Crippen molar-refractivity contribution in [3.63, 3.8) is 0 Å². The summed E-state index contributed by atoms with van der Waals surface area (Å²) < 4.78 is 15.8. The molecule has 1 aliphatic heterocycles. The Bertz CT molecular complexity index is 738. The topological polar surface area (TPSA) is 84.9 Å². The standard InChI is InChI=1S/C17H20N2O5S/c20-15-8-14(10-19-3-6-25-7-4-19)23-11-16(15)24-12-17(21)18-9-13-2-1-5-22-13/h1-2,5,8,11H,3-4,6-7,9-10,12H2,(H,18,21). The molecular formula is C17H20N2O5S. The van der Waals surface area contributed by atoms with E-state index in [2.05, 4.69) is 10.2 Å². The third-order valence-corrected chi connectivity index (χ3v) is 4.68. The summed E-state index contributed by atoms with van der Waals surface area (Å²) in [4.78, 5) is 26.1. The van der Waals surface area contributed by atoms with Gasteiger partial charge in [-0.25, -0.2) is 0 Å². The molecule has 7 nitrogen and oxygen atoms in total. The van der Waals surface area contributed by atoms with Gasteiger partial charge >= 0.3 is 0 Å². The molecule has 1 fully saturated rings. The normalized spacial score (nSPS) is 15.0. The van der Waals surface area contributed by atoms with E-state index in [0.717, 1.165) is 24.6 Å². The lowest BCUT2D eigenvalue weighted by molar-refractivity contribution is -0.123. The van der Waals surface area contributed by atoms with Crippen molar-refractivity contribution in [2.45, 2.75) is 13.1 Å². The zero-order chi connectivity index (χ0) is 17.5. The summed E-state index contributed by atoms with van der Waals surface area (Å²) in [5.74, 6) is 3.13. The van der Waals surface area contributed by atoms with Crippen molar-refractivity contribution in [2.24, 2.45) is 0 Å². The monoisotopic (exact) mass is 364 g/mol. The van der Waals surface area contributed by atoms with E-state index in [9.17, 15) is 9.59 Å². The molecule has 25 heavy (non-hydrogen) atoms. The lowest BCUT2D eigenvalue weighted by Crippen LogP contribution is -2.32. The number of furan rings is 1. The molecule has 1 aliphatic rings. The van der Waals surface area contributed by atoms with Gasteiger partial charge in [-0.05, 0) is 12.1 Å². The zero-order valence-electron chi connectivity index (χ0n) is 13.7. The number of carbonyl (C=O) groups is 1. The summed E-state index contributed by atoms with van der Waals surface area (Å²) in [7, 11) is 0. The molecule has 0 radical (unpaired) electrons. The summed E-state index contributed by atoms with van der Waals surface area (Å²) in [6.07, 6.45) is 2.81. The Balaban J connectivity index is 1.47. The number of thioether (sulfide) groups is 1. The SMILES string of the molecule is O=C(COc1coc(CN2CCSCC2)cc1=O)NCc1ccco1. The Kier molecular flexibility index (Phi) is 6.19. The van der Waals surface area contributed by atoms with Gasteiger partial charge in [-0.1, -0.05) is 0 Å². The summed E-state index contributed by atoms with van der Waals surface area (Å²) in [5, 5.41) is 2.64. The van der Waals surface area contributed by atoms with Crippen LogP contribution in [0.3, 0.4) is 0 Å². The van der Waals surface area contributed by atoms with E-state index >= 15 is 0 Å². The number of hydrogen-bond acceptors (Lipinski definition) is 7. The number of carbonyl (C=O) groups excluding carboxylic acids is 1. The molecule has 134 valence electrons. The van der Waals surface area contributed by atoms with Gasteiger partial charge in [0.25, 0.3) is 5.91 Å². The third kappa shape index (κ3) is 5.40. The predicted molar refractivity (Wildman–Crippen MR) is 93.6 cm³/mol. The molecule has 2 aromatic heterocycles. The molecular weight excluding hydrogens is 344 g/mol. The maximum Gasteiger partial charge on any atom is 0.258 e. The van der Waals surface area contributed by atoms with E-state index < -0.39 is 0 Å². The highest BCUT2D eigenvalue weighted by molar-refractivity contribution is 7.99. The highest BCUT2D eigenvalue weighted by Gasteiger charge is 2.14. The Morgan fingerprint density at radius 1 is 1.28 bits per heavy atom. The van der Waals surface area contributed by atoms with Gasteiger partial charge in [0.2, 0.25) is 11.2 Å². The van der Waals surface area contributed by atoms with E-state index in [4.69, 9.17) is 13.6 Å². The summed E-state index contributed by atoms with van der Waals surface area (Å²) >= 11 is 1.93. The van der Waals surface area contributed by atoms with Crippen LogP contribution in [0.5, 0.6) is 5.75 Å². The quantitative estimate of drug-likeness (QED) is 0.796. The molecule has 0 saturated carbocycles. The van der Waals surface area contributed by atoms with Crippen LogP contribution in [0.15, 0.2) is 44.4 Å². The van der Waals surface area contributed by atoms with Gasteiger partial charge < -0.3 is 18.9 Å². The van der Waals surface area contributed by atoms with Gasteiger partial charge in [0, 0.05) is 30.7 Å². The number of nitrogens with zero attached hydrogens (tertiary/aromatic N) is 1. The van der Waals surface area contributed by atoms with Crippen LogP contribution in [0.4, 0.5) is 0 Å². The number of rotatable bonds is 7. The Morgan fingerprint density at radius 2 is 2.12 bits per heavy atom. The van der Waals surface area contributed by atoms with E-state index in [1.54, 1.807) is 12.1 Å². The van der Waals surface area contributed by atoms with Crippen LogP contribution in [0.2, 0.25) is 0 Å². The first kappa shape index (κ1) is 17.6. The van der Waals surface area contributed by atoms with Crippen molar-refractivity contribution in [2.75, 3.05) is 31.2 Å². The highest BCUT2D eigenvalue weighted by Crippen LogP contribution is 2.13. The van der Waals surface area contributed by atoms with Crippen LogP contribution < -0.4 is 15.5 Å². The summed E-state index contributed by atoms with van der Waals surface area (Å²) in [5.41, 5.74) is -0.286. The van der Waals surface area contributed by atoms with Gasteiger partial charge in [-0.15, -0.1) is 0 Å². The maximum absolute atomic E-state index is 12.1. The second-order valence-corrected chi connectivity index (χ2v) is 6.83. The third-order valence-electron chi connectivity index (χ3n) is 3.73. The number of nitrogens with one attached hydrogen (secondary N) is 1. The molecule has 1 saturated heterocycles. The van der Waals surface area contributed by atoms with Crippen LogP contribution >= 0.6 is 11.8 Å². The fourth-order valence-electron chi connectivity index (χ4n) is 2.40. The van der Waals surface area contributed by atoms with E-state index in [-0.39, 0.29) is 30.2 Å². The molecule has 0 bridgehead atoms. The number of amides is 1. The highest BCUT2D eigenvalue weighted by atomic mass is 32.2. The van der Waals surface area contributed by atoms with E-state index in [1.807, 2.05) is 11.8 Å². The average Bonchev–Trinajstić information content (AvgIpc) is 3.14. The predicted octanol–water partition coefficient (Wildman–Crippen LogP) is 1.48. The molecule has 0 unspecified atom stereocenters. The van der Waals surface area contributed by atoms with Crippen molar-refractivity contribution in [1.82, 2.24) is 10.2 Å². The Labute approximate surface area is 149 Å². The van der Waals surface area contributed by atoms with Crippen molar-refractivity contribution >= 4 is 17.7 Å². The molecule has 2 aromatic rings. The van der Waals surface area contributed by atoms with Crippen LogP contribution in [0, 0.1) is 0 Å². The first-order valence-electron chi connectivity index (χ1n) is 8.04. The van der Waals surface area contributed by atoms with Crippen molar-refractivity contribution in [1.29, 1.82) is 0 Å². The van der Waals surface area contributed by atoms with Crippen molar-refractivity contribution in [3.8, 4) is 5.75 Å². The van der Waals surface area contributed by atoms with Gasteiger partial charge in [-0.3, -0.25) is 14.5 Å². The summed E-state index contributed by atoms with van der Waals surface area (Å²) in [6.45, 7) is 2.61. The zero-order valence-corrected chi connectivity index (χ0v) is 14.5. The van der Waals surface area contributed by atoms with Crippen molar-refractivity contribution < 1.29 is 18.4 Å². The van der Waals surface area contributed by atoms with Crippen LogP contribution in [-0.2, 0) is 17.9 Å². The van der Waals surface area contributed by atoms with Gasteiger partial charge in [-0.2, -0.15) is 11.8 Å². The fourth-order valence-corrected chi connectivity index (χ4v) is 3.38. The minimum Gasteiger partial charge on any atom is -0.477 e. The molecule has 0 spiro atoms. The molecule has 0 aromatic carbocycles. The van der Waals surface area contributed by atoms with Crippen LogP contribution in [0.1, 0.15) is 11.5 Å². The van der Waals surface area contributed by atoms with Crippen LogP contribution in [0.25, 0.3) is 0 Å². The molecule has 3 heterocycles. The van der Waals surface area contributed by atoms with Crippen LogP contribution in [-0.4, -0.2) is 42.0 Å². The fraction of sp³-hybridized carbons (Fsp3) is 0.412. The smallest absolute Gasteiger partial charge is 0.258 e. The molecule has 3 rings (SSSR count). The second-order valence-electron chi connectivity index (χ2n) is 5.61. The number of ether oxygens (including phenoxy) is 1. The minimum atomic E-state index is -0.342. The van der Waals surface area contributed by atoms with Crippen molar-refractivity contribution in [3.05, 3.63) is 52.5 Å². The lowest BCUT2D eigenvalue weighted by atomic mass is 10.3. The average molecular weight is 364 g/mol. The van der Waals surface area contributed by atoms with E-state index in [1.165, 1.54) is 18.6 Å². The van der Waals surface area contributed by atoms with Gasteiger partial charge in [0.15, 0.2) is 6.61 Å². The minimum absolute atomic E-state index is 0.0334. The molecule has 1 N–H and O–H groups in total. The first-order valence-corrected chi connectivity index (χ1v) is 9.20. The molecule has 8 heteroatoms. The van der Waals surface area contributed by atoms with E-state index in [0.29, 0.717) is 18.1 Å². The molecule has 0 aliphatic carbocycles. The molecule has 0 atom stereocenters. The maximum atomic E-state index is 12.1. The first-order chi connectivity index (χ1) is 12.2. The Hall–Kier alpha value is -2.19. The van der Waals surface area contributed by atoms with Gasteiger partial charge in [0.05, 0.1) is 19.4 Å². The molecule has 1 amide bonds. The van der Waals surface area contributed by atoms with Gasteiger partial charge in [0.1, 0.15) is 17.8 Å². The Morgan fingerprint density at radius 3 is 2.84 bits per heavy atom. The summed E-state index contributed by atoms with van der Waals surface area (Å²) in [6, 6.07) is 4.93.